The number of pyridine rings is 1. The highest BCUT2D eigenvalue weighted by atomic mass is 16.5. The maximum absolute atomic E-state index is 13.8. The number of aromatic nitrogens is 2. The number of carbonyl (C=O) groups is 1. The van der Waals surface area contributed by atoms with Crippen molar-refractivity contribution in [3.05, 3.63) is 56.3 Å². The smallest absolute Gasteiger partial charge is 0.254 e. The molecule has 1 amide bonds. The number of amides is 1. The molecule has 0 unspecified atom stereocenters. The summed E-state index contributed by atoms with van der Waals surface area (Å²) in [6, 6.07) is 4.23. The van der Waals surface area contributed by atoms with E-state index in [9.17, 15) is 9.59 Å². The zero-order chi connectivity index (χ0) is 28.1. The van der Waals surface area contributed by atoms with Gasteiger partial charge in [-0.2, -0.15) is 0 Å². The van der Waals surface area contributed by atoms with Crippen LogP contribution in [-0.4, -0.2) is 73.9 Å². The van der Waals surface area contributed by atoms with Gasteiger partial charge in [-0.05, 0) is 64.8 Å². The Balaban J connectivity index is 1.73. The quantitative estimate of drug-likeness (QED) is 0.381. The number of rotatable bonds is 11. The number of hydrogen-bond donors (Lipinski definition) is 2. The number of carbonyl (C=O) groups excluding carboxylic acids is 1. The second-order valence-corrected chi connectivity index (χ2v) is 10.3. The number of ether oxygens (including phenoxy) is 2. The van der Waals surface area contributed by atoms with Gasteiger partial charge in [-0.15, -0.1) is 0 Å². The van der Waals surface area contributed by atoms with E-state index in [1.807, 2.05) is 40.0 Å². The highest BCUT2D eigenvalue weighted by Gasteiger charge is 2.27. The van der Waals surface area contributed by atoms with Gasteiger partial charge in [0.25, 0.3) is 11.5 Å². The summed E-state index contributed by atoms with van der Waals surface area (Å²) in [7, 11) is 3.65. The molecule has 3 aromatic rings. The maximum Gasteiger partial charge on any atom is 0.254 e. The predicted molar refractivity (Wildman–Crippen MR) is 152 cm³/mol. The minimum atomic E-state index is -0.283. The summed E-state index contributed by atoms with van der Waals surface area (Å²) >= 11 is 0. The van der Waals surface area contributed by atoms with Crippen LogP contribution in [0.5, 0.6) is 0 Å². The third kappa shape index (κ3) is 6.51. The topological polar surface area (TPSA) is 113 Å². The van der Waals surface area contributed by atoms with Gasteiger partial charge in [0.1, 0.15) is 5.52 Å². The number of aryl methyl sites for hydroxylation is 2. The molecular weight excluding hydrogens is 498 g/mol. The Bertz CT molecular complexity index is 1360. The number of hydrogen-bond acceptors (Lipinski definition) is 8. The first-order valence-electron chi connectivity index (χ1n) is 13.7. The summed E-state index contributed by atoms with van der Waals surface area (Å²) in [5.41, 5.74) is 5.36. The fourth-order valence-corrected chi connectivity index (χ4v) is 5.37. The van der Waals surface area contributed by atoms with Crippen LogP contribution in [0.25, 0.3) is 11.1 Å². The molecule has 1 aliphatic rings. The Hall–Kier alpha value is -3.21. The second-order valence-electron chi connectivity index (χ2n) is 10.3. The van der Waals surface area contributed by atoms with E-state index < -0.39 is 0 Å². The number of fused-ring (bicyclic) bond motifs is 1. The lowest BCUT2D eigenvalue weighted by molar-refractivity contribution is 0.0846. The Labute approximate surface area is 229 Å². The number of likely N-dealkylation sites (N-methyl/N-ethyl adjacent to an activating group) is 1. The van der Waals surface area contributed by atoms with E-state index in [2.05, 4.69) is 27.0 Å². The first-order chi connectivity index (χ1) is 18.7. The van der Waals surface area contributed by atoms with Crippen LogP contribution in [0.4, 0.5) is 5.69 Å². The zero-order valence-electron chi connectivity index (χ0n) is 24.0. The van der Waals surface area contributed by atoms with Crippen LogP contribution >= 0.6 is 0 Å². The lowest BCUT2D eigenvalue weighted by atomic mass is 9.99. The largest absolute Gasteiger partial charge is 0.439 e. The number of methoxy groups -OCH3 is 1. The van der Waals surface area contributed by atoms with Crippen molar-refractivity contribution in [2.45, 2.75) is 59.7 Å². The van der Waals surface area contributed by atoms with Crippen molar-refractivity contribution in [3.63, 3.8) is 0 Å². The van der Waals surface area contributed by atoms with Crippen LogP contribution in [0.2, 0.25) is 0 Å². The van der Waals surface area contributed by atoms with Gasteiger partial charge in [-0.3, -0.25) is 14.5 Å². The first-order valence-corrected chi connectivity index (χ1v) is 13.7. The maximum atomic E-state index is 13.8. The van der Waals surface area contributed by atoms with E-state index in [4.69, 9.17) is 18.9 Å². The summed E-state index contributed by atoms with van der Waals surface area (Å²) in [5, 5.41) is 2.98. The van der Waals surface area contributed by atoms with Gasteiger partial charge < -0.3 is 29.1 Å². The van der Waals surface area contributed by atoms with E-state index in [-0.39, 0.29) is 18.0 Å². The number of H-pyrrole nitrogens is 1. The monoisotopic (exact) mass is 539 g/mol. The van der Waals surface area contributed by atoms with Gasteiger partial charge in [-0.25, -0.2) is 4.98 Å². The van der Waals surface area contributed by atoms with Crippen LogP contribution in [0.3, 0.4) is 0 Å². The van der Waals surface area contributed by atoms with E-state index in [0.29, 0.717) is 47.3 Å². The fraction of sp³-hybridized carbons (Fsp3) is 0.552. The normalized spacial score (nSPS) is 14.3. The van der Waals surface area contributed by atoms with Gasteiger partial charge in [0.2, 0.25) is 5.89 Å². The average Bonchev–Trinajstić information content (AvgIpc) is 3.29. The van der Waals surface area contributed by atoms with Crippen LogP contribution in [0, 0.1) is 20.8 Å². The summed E-state index contributed by atoms with van der Waals surface area (Å²) in [4.78, 5) is 38.3. The highest BCUT2D eigenvalue weighted by Crippen LogP contribution is 2.34. The molecule has 0 aliphatic carbocycles. The number of aromatic amines is 1. The zero-order valence-corrected chi connectivity index (χ0v) is 24.0. The fourth-order valence-electron chi connectivity index (χ4n) is 5.37. The number of oxazole rings is 1. The number of anilines is 1. The molecule has 4 rings (SSSR count). The second kappa shape index (κ2) is 12.8. The molecule has 10 heteroatoms. The van der Waals surface area contributed by atoms with Gasteiger partial charge in [0.05, 0.1) is 18.7 Å². The van der Waals surface area contributed by atoms with Gasteiger partial charge >= 0.3 is 0 Å². The number of nitrogens with zero attached hydrogens (tertiary/aromatic N) is 3. The standard InChI is InChI=1S/C29H41N5O5/c1-7-34(21-8-11-38-12-9-21)23-15-24-27(32-25(39-24)17-33(5)10-13-37-6)26(20(23)4)29(36)30-16-22-18(2)14-19(3)31-28(22)35/h14-15,21H,7-13,16-17H2,1-6H3,(H,30,36)(H,31,35). The molecule has 1 aliphatic heterocycles. The molecule has 1 aromatic carbocycles. The van der Waals surface area contributed by atoms with Crippen LogP contribution in [0.15, 0.2) is 21.3 Å². The molecule has 0 spiro atoms. The van der Waals surface area contributed by atoms with E-state index in [1.54, 1.807) is 7.11 Å². The van der Waals surface area contributed by atoms with Gasteiger partial charge in [0, 0.05) is 69.0 Å². The summed E-state index contributed by atoms with van der Waals surface area (Å²) < 4.78 is 17.0. The molecule has 0 atom stereocenters. The minimum Gasteiger partial charge on any atom is -0.439 e. The predicted octanol–water partition coefficient (Wildman–Crippen LogP) is 3.45. The van der Waals surface area contributed by atoms with Crippen molar-refractivity contribution >= 4 is 22.7 Å². The van der Waals surface area contributed by atoms with E-state index >= 15 is 0 Å². The molecule has 2 aromatic heterocycles. The number of nitrogens with one attached hydrogen (secondary N) is 2. The Morgan fingerprint density at radius 2 is 1.97 bits per heavy atom. The van der Waals surface area contributed by atoms with Gasteiger partial charge in [0.15, 0.2) is 5.58 Å². The summed E-state index contributed by atoms with van der Waals surface area (Å²) in [5.74, 6) is 0.253. The number of benzene rings is 1. The molecule has 0 radical (unpaired) electrons. The Kier molecular flexibility index (Phi) is 9.42. The third-order valence-electron chi connectivity index (χ3n) is 7.47. The van der Waals surface area contributed by atoms with Crippen LogP contribution in [0.1, 0.15) is 58.4 Å². The van der Waals surface area contributed by atoms with Crippen LogP contribution < -0.4 is 15.8 Å². The van der Waals surface area contributed by atoms with Crippen molar-refractivity contribution in [3.8, 4) is 0 Å². The first kappa shape index (κ1) is 28.8. The summed E-state index contributed by atoms with van der Waals surface area (Å²) in [6.07, 6.45) is 1.85. The van der Waals surface area contributed by atoms with Crippen molar-refractivity contribution in [1.29, 1.82) is 0 Å². The van der Waals surface area contributed by atoms with E-state index in [1.165, 1.54) is 0 Å². The van der Waals surface area contributed by atoms with Crippen molar-refractivity contribution < 1.29 is 18.7 Å². The molecule has 1 fully saturated rings. The average molecular weight is 540 g/mol. The lowest BCUT2D eigenvalue weighted by Gasteiger charge is -2.36. The minimum absolute atomic E-state index is 0.118. The highest BCUT2D eigenvalue weighted by molar-refractivity contribution is 6.07. The van der Waals surface area contributed by atoms with Crippen LogP contribution in [-0.2, 0) is 22.6 Å². The van der Waals surface area contributed by atoms with Crippen molar-refractivity contribution in [1.82, 2.24) is 20.2 Å². The molecule has 1 saturated heterocycles. The molecule has 0 bridgehead atoms. The molecular formula is C29H41N5O5. The third-order valence-corrected chi connectivity index (χ3v) is 7.47. The van der Waals surface area contributed by atoms with Crippen molar-refractivity contribution in [2.75, 3.05) is 52.0 Å². The Morgan fingerprint density at radius 3 is 2.64 bits per heavy atom. The molecule has 3 heterocycles. The van der Waals surface area contributed by atoms with E-state index in [0.717, 1.165) is 61.7 Å². The molecule has 2 N–H and O–H groups in total. The van der Waals surface area contributed by atoms with Gasteiger partial charge in [-0.1, -0.05) is 0 Å². The molecule has 10 nitrogen and oxygen atoms in total. The lowest BCUT2D eigenvalue weighted by Crippen LogP contribution is -2.40. The van der Waals surface area contributed by atoms with Crippen molar-refractivity contribution in [2.24, 2.45) is 0 Å². The molecule has 0 saturated carbocycles. The summed E-state index contributed by atoms with van der Waals surface area (Å²) in [6.45, 7) is 12.0. The Morgan fingerprint density at radius 1 is 1.23 bits per heavy atom. The molecule has 212 valence electrons. The SMILES string of the molecule is CCN(c1cc2oc(CN(C)CCOC)nc2c(C(=O)NCc2c(C)cc(C)[nH]c2=O)c1C)C1CCOCC1. The molecule has 39 heavy (non-hydrogen) atoms.